The molecule has 1 aliphatic rings. The Morgan fingerprint density at radius 1 is 1.31 bits per heavy atom. The number of fused-ring (bicyclic) bond motifs is 1. The normalized spacial score (nSPS) is 14.7. The van der Waals surface area contributed by atoms with Gasteiger partial charge in [0, 0.05) is 0 Å². The summed E-state index contributed by atoms with van der Waals surface area (Å²) in [5.41, 5.74) is 4.61. The van der Waals surface area contributed by atoms with Gasteiger partial charge in [0.05, 0.1) is 0 Å². The van der Waals surface area contributed by atoms with Crippen LogP contribution in [0, 0.1) is 6.92 Å². The fraction of sp³-hybridized carbons (Fsp3) is 0.158. The van der Waals surface area contributed by atoms with Crippen LogP contribution >= 0.6 is 11.3 Å². The average molecular weight is 435 g/mol. The molecule has 0 fully saturated rings. The molecule has 0 radical (unpaired) electrons. The summed E-state index contributed by atoms with van der Waals surface area (Å²) >= 11 is 1.36. The second-order valence-electron chi connectivity index (χ2n) is 5.98. The third kappa shape index (κ3) is 3.18. The van der Waals surface area contributed by atoms with Gasteiger partial charge in [-0.3, -0.25) is 0 Å². The van der Waals surface area contributed by atoms with E-state index in [1.54, 1.807) is 17.4 Å². The molecule has 1 amide bonds. The molecule has 0 saturated heterocycles. The van der Waals surface area contributed by atoms with Gasteiger partial charge in [0.25, 0.3) is 0 Å². The summed E-state index contributed by atoms with van der Waals surface area (Å²) in [5.74, 6) is -1.76. The van der Waals surface area contributed by atoms with Crippen molar-refractivity contribution in [2.75, 3.05) is 0 Å². The van der Waals surface area contributed by atoms with Crippen molar-refractivity contribution in [2.45, 2.75) is 19.8 Å². The van der Waals surface area contributed by atoms with Crippen molar-refractivity contribution in [3.63, 3.8) is 0 Å². The molecule has 2 aromatic heterocycles. The molecule has 1 aliphatic carbocycles. The molecule has 4 rings (SSSR count). The van der Waals surface area contributed by atoms with Gasteiger partial charge < -0.3 is 0 Å². The number of hydrogen-bond donors (Lipinski definition) is 1. The number of amides is 1. The molecule has 7 heteroatoms. The Labute approximate surface area is 158 Å². The van der Waals surface area contributed by atoms with Gasteiger partial charge in [-0.1, -0.05) is 0 Å². The molecule has 0 atom stereocenters. The summed E-state index contributed by atoms with van der Waals surface area (Å²) in [7, 11) is 0. The summed E-state index contributed by atoms with van der Waals surface area (Å²) in [6.07, 6.45) is 1.72. The van der Waals surface area contributed by atoms with Crippen molar-refractivity contribution in [1.29, 1.82) is 0 Å². The predicted molar refractivity (Wildman–Crippen MR) is 101 cm³/mol. The molecule has 2 heterocycles. The number of thiazole rings is 1. The van der Waals surface area contributed by atoms with Crippen LogP contribution < -0.4 is 5.32 Å². The van der Waals surface area contributed by atoms with Gasteiger partial charge in [-0.25, -0.2) is 0 Å². The topological polar surface area (TPSA) is 42.0 Å². The molecule has 0 unspecified atom stereocenters. The molecule has 132 valence electrons. The Balaban J connectivity index is 1.62. The molecule has 3 nitrogen and oxygen atoms in total. The molecule has 3 aromatic rings. The summed E-state index contributed by atoms with van der Waals surface area (Å²) < 4.78 is 30.3. The Hall–Kier alpha value is -2.08. The molecular formula is C19H14F2N2OSSe. The number of aryl methyl sites for hydroxylation is 1. The molecular weight excluding hydrogens is 421 g/mol. The van der Waals surface area contributed by atoms with E-state index in [2.05, 4.69) is 16.4 Å². The molecule has 0 aliphatic heterocycles. The first-order chi connectivity index (χ1) is 12.5. The van der Waals surface area contributed by atoms with Crippen molar-refractivity contribution in [1.82, 2.24) is 10.3 Å². The minimum absolute atomic E-state index is 0.115. The number of halogens is 2. The Kier molecular flexibility index (Phi) is 4.61. The van der Waals surface area contributed by atoms with Crippen molar-refractivity contribution in [3.05, 3.63) is 63.2 Å². The van der Waals surface area contributed by atoms with E-state index in [1.807, 2.05) is 24.6 Å². The maximum atomic E-state index is 13.8. The van der Waals surface area contributed by atoms with Crippen LogP contribution in [0.15, 0.2) is 53.2 Å². The summed E-state index contributed by atoms with van der Waals surface area (Å²) in [4.78, 5) is 16.8. The van der Waals surface area contributed by atoms with Gasteiger partial charge in [0.1, 0.15) is 0 Å². The number of nitrogens with zero attached hydrogens (tertiary/aromatic N) is 1. The predicted octanol–water partition coefficient (Wildman–Crippen LogP) is 4.89. The van der Waals surface area contributed by atoms with Gasteiger partial charge in [-0.05, 0) is 0 Å². The first-order valence-electron chi connectivity index (χ1n) is 8.03. The van der Waals surface area contributed by atoms with E-state index in [0.29, 0.717) is 10.9 Å². The van der Waals surface area contributed by atoms with Crippen molar-refractivity contribution >= 4 is 42.0 Å². The van der Waals surface area contributed by atoms with Crippen LogP contribution in [0.3, 0.4) is 0 Å². The summed E-state index contributed by atoms with van der Waals surface area (Å²) in [6, 6.07) is 7.78. The van der Waals surface area contributed by atoms with Crippen LogP contribution in [0.1, 0.15) is 27.6 Å². The second kappa shape index (κ2) is 6.91. The number of aromatic nitrogens is 1. The van der Waals surface area contributed by atoms with Gasteiger partial charge >= 0.3 is 159 Å². The van der Waals surface area contributed by atoms with Crippen LogP contribution in [-0.2, 0) is 0 Å². The van der Waals surface area contributed by atoms with Gasteiger partial charge in [0.2, 0.25) is 0 Å². The van der Waals surface area contributed by atoms with E-state index < -0.39 is 17.6 Å². The SMILES string of the molecule is Cc1cc2scnc2cc1-c1ccc(C(=O)NC2=C(F)CCC=C2F)[se]1. The first kappa shape index (κ1) is 17.3. The number of rotatable bonds is 3. The number of hydrogen-bond acceptors (Lipinski definition) is 3. The molecule has 0 bridgehead atoms. The molecule has 1 N–H and O–H groups in total. The van der Waals surface area contributed by atoms with E-state index in [0.717, 1.165) is 25.8 Å². The van der Waals surface area contributed by atoms with Crippen LogP contribution in [0.25, 0.3) is 20.2 Å². The molecule has 26 heavy (non-hydrogen) atoms. The second-order valence-corrected chi connectivity index (χ2v) is 9.14. The van der Waals surface area contributed by atoms with Crippen LogP contribution in [0.4, 0.5) is 8.78 Å². The van der Waals surface area contributed by atoms with Crippen LogP contribution in [0.2, 0.25) is 0 Å². The summed E-state index contributed by atoms with van der Waals surface area (Å²) in [6.45, 7) is 2.03. The van der Waals surface area contributed by atoms with E-state index in [1.165, 1.54) is 6.08 Å². The summed E-state index contributed by atoms with van der Waals surface area (Å²) in [5, 5.41) is 2.40. The van der Waals surface area contributed by atoms with Gasteiger partial charge in [-0.15, -0.1) is 0 Å². The third-order valence-corrected chi connectivity index (χ3v) is 7.34. The minimum atomic E-state index is -0.703. The Morgan fingerprint density at radius 3 is 2.96 bits per heavy atom. The van der Waals surface area contributed by atoms with Gasteiger partial charge in [-0.2, -0.15) is 0 Å². The van der Waals surface area contributed by atoms with Crippen molar-refractivity contribution in [2.24, 2.45) is 0 Å². The number of benzene rings is 1. The van der Waals surface area contributed by atoms with Gasteiger partial charge in [0.15, 0.2) is 0 Å². The van der Waals surface area contributed by atoms with Crippen LogP contribution in [-0.4, -0.2) is 25.4 Å². The van der Waals surface area contributed by atoms with Crippen molar-refractivity contribution < 1.29 is 13.6 Å². The fourth-order valence-electron chi connectivity index (χ4n) is 2.86. The van der Waals surface area contributed by atoms with E-state index in [9.17, 15) is 13.6 Å². The zero-order valence-electron chi connectivity index (χ0n) is 13.8. The van der Waals surface area contributed by atoms with Crippen molar-refractivity contribution in [3.8, 4) is 10.0 Å². The fourth-order valence-corrected chi connectivity index (χ4v) is 5.68. The quantitative estimate of drug-likeness (QED) is 0.596. The van der Waals surface area contributed by atoms with E-state index in [-0.39, 0.29) is 26.6 Å². The molecule has 0 spiro atoms. The zero-order chi connectivity index (χ0) is 18.3. The Morgan fingerprint density at radius 2 is 2.15 bits per heavy atom. The zero-order valence-corrected chi connectivity index (χ0v) is 16.3. The third-order valence-electron chi connectivity index (χ3n) is 4.21. The first-order valence-corrected chi connectivity index (χ1v) is 10.6. The number of allylic oxidation sites excluding steroid dienone is 3. The van der Waals surface area contributed by atoms with E-state index >= 15 is 0 Å². The number of carbonyl (C=O) groups is 1. The molecule has 0 saturated carbocycles. The Bertz CT molecular complexity index is 1080. The van der Waals surface area contributed by atoms with E-state index in [4.69, 9.17) is 0 Å². The average Bonchev–Trinajstić information content (AvgIpc) is 3.26. The number of nitrogens with one attached hydrogen (secondary N) is 1. The number of carbonyl (C=O) groups excluding carboxylic acids is 1. The monoisotopic (exact) mass is 436 g/mol. The van der Waals surface area contributed by atoms with Crippen LogP contribution in [0.5, 0.6) is 0 Å². The maximum absolute atomic E-state index is 13.8. The molecule has 1 aromatic carbocycles. The standard InChI is InChI=1S/C19H14F2N2OSSe/c1-10-7-15-14(22-9-25-15)8-11(10)16-5-6-17(26-16)19(24)23-18-12(20)3-2-4-13(18)21/h3,5-9H,2,4H2,1H3,(H,23,24).